The summed E-state index contributed by atoms with van der Waals surface area (Å²) in [6.07, 6.45) is -0.179. The monoisotopic (exact) mass is 349 g/mol. The van der Waals surface area contributed by atoms with Crippen LogP contribution in [0.3, 0.4) is 0 Å². The largest absolute Gasteiger partial charge is 0.507 e. The quantitative estimate of drug-likeness (QED) is 0.791. The number of para-hydroxylation sites is 1. The minimum Gasteiger partial charge on any atom is -0.507 e. The number of rotatable bonds is 4. The zero-order valence-corrected chi connectivity index (χ0v) is 12.4. The van der Waals surface area contributed by atoms with Gasteiger partial charge in [0.05, 0.1) is 10.9 Å². The molecule has 5 nitrogen and oxygen atoms in total. The molecule has 0 aliphatic heterocycles. The van der Waals surface area contributed by atoms with E-state index < -0.39 is 11.9 Å². The number of amides is 1. The Morgan fingerprint density at radius 3 is 2.52 bits per heavy atom. The van der Waals surface area contributed by atoms with Gasteiger partial charge in [0.2, 0.25) is 0 Å². The van der Waals surface area contributed by atoms with Gasteiger partial charge < -0.3 is 15.5 Å². The van der Waals surface area contributed by atoms with E-state index in [0.717, 1.165) is 0 Å². The number of aromatic hydroxyl groups is 1. The van der Waals surface area contributed by atoms with E-state index in [1.54, 1.807) is 36.4 Å². The lowest BCUT2D eigenvalue weighted by Gasteiger charge is -2.10. The smallest absolute Gasteiger partial charge is 0.307 e. The fourth-order valence-electron chi connectivity index (χ4n) is 1.81. The van der Waals surface area contributed by atoms with Crippen molar-refractivity contribution in [2.75, 3.05) is 5.32 Å². The Kier molecular flexibility index (Phi) is 4.59. The first-order valence-corrected chi connectivity index (χ1v) is 6.86. The van der Waals surface area contributed by atoms with Gasteiger partial charge >= 0.3 is 5.97 Å². The Balaban J connectivity index is 2.23. The van der Waals surface area contributed by atoms with Gasteiger partial charge in [0, 0.05) is 11.3 Å². The first kappa shape index (κ1) is 15.1. The molecule has 2 aromatic carbocycles. The third kappa shape index (κ3) is 3.82. The SMILES string of the molecule is O=C(O)Cc1ccccc1NC(=O)c1ccc(Br)c(O)c1. The van der Waals surface area contributed by atoms with Gasteiger partial charge in [-0.25, -0.2) is 0 Å². The first-order chi connectivity index (χ1) is 9.97. The van der Waals surface area contributed by atoms with Crippen LogP contribution in [0.15, 0.2) is 46.9 Å². The van der Waals surface area contributed by atoms with Crippen LogP contribution in [-0.2, 0) is 11.2 Å². The van der Waals surface area contributed by atoms with Gasteiger partial charge in [-0.1, -0.05) is 18.2 Å². The Bertz CT molecular complexity index is 700. The number of carbonyl (C=O) groups excluding carboxylic acids is 1. The molecule has 0 saturated heterocycles. The van der Waals surface area contributed by atoms with Crippen molar-refractivity contribution in [2.45, 2.75) is 6.42 Å². The lowest BCUT2D eigenvalue weighted by molar-refractivity contribution is -0.136. The highest BCUT2D eigenvalue weighted by atomic mass is 79.9. The molecule has 0 fully saturated rings. The number of hydrogen-bond donors (Lipinski definition) is 3. The van der Waals surface area contributed by atoms with Crippen molar-refractivity contribution in [3.8, 4) is 5.75 Å². The average molecular weight is 350 g/mol. The number of phenols is 1. The minimum atomic E-state index is -0.974. The predicted octanol–water partition coefficient (Wildman–Crippen LogP) is 3.03. The number of halogens is 1. The summed E-state index contributed by atoms with van der Waals surface area (Å²) in [4.78, 5) is 22.9. The van der Waals surface area contributed by atoms with Crippen molar-refractivity contribution in [3.05, 3.63) is 58.1 Å². The average Bonchev–Trinajstić information content (AvgIpc) is 2.43. The molecule has 1 amide bonds. The molecular formula is C15H12BrNO4. The summed E-state index contributed by atoms with van der Waals surface area (Å²) in [5.41, 5.74) is 1.23. The maximum absolute atomic E-state index is 12.1. The Labute approximate surface area is 129 Å². The summed E-state index contributed by atoms with van der Waals surface area (Å²) < 4.78 is 0.491. The van der Waals surface area contributed by atoms with E-state index in [1.165, 1.54) is 6.07 Å². The molecule has 3 N–H and O–H groups in total. The highest BCUT2D eigenvalue weighted by Crippen LogP contribution is 2.25. The Morgan fingerprint density at radius 2 is 1.86 bits per heavy atom. The van der Waals surface area contributed by atoms with E-state index in [4.69, 9.17) is 5.11 Å². The predicted molar refractivity (Wildman–Crippen MR) is 81.5 cm³/mol. The van der Waals surface area contributed by atoms with Crippen molar-refractivity contribution >= 4 is 33.5 Å². The normalized spacial score (nSPS) is 10.1. The van der Waals surface area contributed by atoms with Gasteiger partial charge in [-0.15, -0.1) is 0 Å². The Hall–Kier alpha value is -2.34. The maximum Gasteiger partial charge on any atom is 0.307 e. The van der Waals surface area contributed by atoms with E-state index in [-0.39, 0.29) is 17.7 Å². The van der Waals surface area contributed by atoms with Gasteiger partial charge in [-0.05, 0) is 45.8 Å². The van der Waals surface area contributed by atoms with Crippen LogP contribution in [0.5, 0.6) is 5.75 Å². The molecular weight excluding hydrogens is 338 g/mol. The molecule has 0 heterocycles. The molecule has 0 atom stereocenters. The topological polar surface area (TPSA) is 86.6 Å². The molecule has 21 heavy (non-hydrogen) atoms. The van der Waals surface area contributed by atoms with Crippen molar-refractivity contribution in [1.29, 1.82) is 0 Å². The molecule has 0 spiro atoms. The number of nitrogens with one attached hydrogen (secondary N) is 1. The number of hydrogen-bond acceptors (Lipinski definition) is 3. The number of anilines is 1. The fraction of sp³-hybridized carbons (Fsp3) is 0.0667. The Morgan fingerprint density at radius 1 is 1.14 bits per heavy atom. The standard InChI is InChI=1S/C15H12BrNO4/c16-11-6-5-10(7-13(11)18)15(21)17-12-4-2-1-3-9(12)8-14(19)20/h1-7,18H,8H2,(H,17,21)(H,19,20). The second kappa shape index (κ2) is 6.41. The summed E-state index contributed by atoms with van der Waals surface area (Å²) in [5.74, 6) is -1.44. The van der Waals surface area contributed by atoms with E-state index >= 15 is 0 Å². The summed E-state index contributed by atoms with van der Waals surface area (Å²) in [6, 6.07) is 11.1. The number of phenolic OH excluding ortho intramolecular Hbond substituents is 1. The summed E-state index contributed by atoms with van der Waals surface area (Å²) in [5, 5.41) is 21.1. The summed E-state index contributed by atoms with van der Waals surface area (Å²) >= 11 is 3.14. The molecule has 2 aromatic rings. The van der Waals surface area contributed by atoms with Crippen molar-refractivity contribution in [1.82, 2.24) is 0 Å². The molecule has 108 valence electrons. The zero-order chi connectivity index (χ0) is 15.4. The van der Waals surface area contributed by atoms with Crippen LogP contribution in [-0.4, -0.2) is 22.1 Å². The third-order valence-corrected chi connectivity index (χ3v) is 3.49. The maximum atomic E-state index is 12.1. The number of carbonyl (C=O) groups is 2. The van der Waals surface area contributed by atoms with Crippen LogP contribution in [0.2, 0.25) is 0 Å². The lowest BCUT2D eigenvalue weighted by Crippen LogP contribution is -2.14. The van der Waals surface area contributed by atoms with Crippen LogP contribution in [0.1, 0.15) is 15.9 Å². The van der Waals surface area contributed by atoms with Gasteiger partial charge in [0.25, 0.3) is 5.91 Å². The lowest BCUT2D eigenvalue weighted by atomic mass is 10.1. The van der Waals surface area contributed by atoms with Crippen LogP contribution in [0, 0.1) is 0 Å². The van der Waals surface area contributed by atoms with Gasteiger partial charge in [0.1, 0.15) is 5.75 Å². The van der Waals surface area contributed by atoms with Crippen LogP contribution < -0.4 is 5.32 Å². The van der Waals surface area contributed by atoms with Crippen LogP contribution in [0.25, 0.3) is 0 Å². The molecule has 0 aliphatic rings. The van der Waals surface area contributed by atoms with E-state index in [0.29, 0.717) is 15.7 Å². The van der Waals surface area contributed by atoms with Crippen molar-refractivity contribution < 1.29 is 19.8 Å². The molecule has 0 aromatic heterocycles. The van der Waals surface area contributed by atoms with Gasteiger partial charge in [-0.3, -0.25) is 9.59 Å². The number of aliphatic carboxylic acids is 1. The highest BCUT2D eigenvalue weighted by molar-refractivity contribution is 9.10. The van der Waals surface area contributed by atoms with Gasteiger partial charge in [-0.2, -0.15) is 0 Å². The summed E-state index contributed by atoms with van der Waals surface area (Å²) in [6.45, 7) is 0. The second-order valence-corrected chi connectivity index (χ2v) is 5.20. The van der Waals surface area contributed by atoms with Crippen molar-refractivity contribution in [3.63, 3.8) is 0 Å². The molecule has 2 rings (SSSR count). The fourth-order valence-corrected chi connectivity index (χ4v) is 2.05. The number of benzene rings is 2. The molecule has 0 aliphatic carbocycles. The highest BCUT2D eigenvalue weighted by Gasteiger charge is 2.12. The molecule has 0 unspecified atom stereocenters. The third-order valence-electron chi connectivity index (χ3n) is 2.82. The van der Waals surface area contributed by atoms with E-state index in [2.05, 4.69) is 21.2 Å². The minimum absolute atomic E-state index is 0.0403. The zero-order valence-electron chi connectivity index (χ0n) is 10.8. The van der Waals surface area contributed by atoms with Crippen LogP contribution in [0.4, 0.5) is 5.69 Å². The summed E-state index contributed by atoms with van der Waals surface area (Å²) in [7, 11) is 0. The molecule has 0 saturated carbocycles. The first-order valence-electron chi connectivity index (χ1n) is 6.07. The van der Waals surface area contributed by atoms with Gasteiger partial charge in [0.15, 0.2) is 0 Å². The van der Waals surface area contributed by atoms with E-state index in [9.17, 15) is 14.7 Å². The van der Waals surface area contributed by atoms with E-state index in [1.807, 2.05) is 0 Å². The second-order valence-electron chi connectivity index (χ2n) is 4.35. The molecule has 0 bridgehead atoms. The van der Waals surface area contributed by atoms with Crippen LogP contribution >= 0.6 is 15.9 Å². The number of carboxylic acid groups (broad SMARTS) is 1. The molecule has 0 radical (unpaired) electrons. The van der Waals surface area contributed by atoms with Crippen molar-refractivity contribution in [2.24, 2.45) is 0 Å². The molecule has 6 heteroatoms. The number of carboxylic acids is 1.